The van der Waals surface area contributed by atoms with Crippen LogP contribution in [-0.2, 0) is 11.2 Å². The lowest BCUT2D eigenvalue weighted by atomic mass is 10.1. The number of fused-ring (bicyclic) bond motifs is 1. The topological polar surface area (TPSA) is 118 Å². The van der Waals surface area contributed by atoms with Gasteiger partial charge in [-0.25, -0.2) is 9.78 Å². The summed E-state index contributed by atoms with van der Waals surface area (Å²) in [5.74, 6) is -1.33. The van der Waals surface area contributed by atoms with Crippen molar-refractivity contribution in [3.8, 4) is 5.75 Å². The van der Waals surface area contributed by atoms with E-state index in [2.05, 4.69) is 15.6 Å². The number of nitrogens with one attached hydrogen (secondary N) is 2. The van der Waals surface area contributed by atoms with Gasteiger partial charge in [0.25, 0.3) is 11.8 Å². The molecule has 1 aliphatic heterocycles. The first-order chi connectivity index (χ1) is 12.0. The monoisotopic (exact) mass is 361 g/mol. The van der Waals surface area contributed by atoms with Gasteiger partial charge in [-0.05, 0) is 19.1 Å². The quantitative estimate of drug-likeness (QED) is 0.743. The first kappa shape index (κ1) is 16.9. The molecule has 0 aliphatic carbocycles. The van der Waals surface area contributed by atoms with Crippen LogP contribution in [0.4, 0.5) is 5.69 Å². The minimum atomic E-state index is -1.07. The van der Waals surface area contributed by atoms with Crippen LogP contribution in [-0.4, -0.2) is 40.5 Å². The standard InChI is InChI=1S/C16H15N3O5S/c1-8-14(20)19-10-4-2-3-9(13(10)24-8)15(21)17-6-5-12-18-11(7-25-12)16(22)23/h2-4,7-8H,5-6H2,1H3,(H,17,21)(H,19,20)(H,22,23). The molecular formula is C16H15N3O5S. The van der Waals surface area contributed by atoms with E-state index in [1.165, 1.54) is 16.7 Å². The predicted molar refractivity (Wildman–Crippen MR) is 90.3 cm³/mol. The molecule has 2 aromatic rings. The van der Waals surface area contributed by atoms with Gasteiger partial charge in [0.1, 0.15) is 0 Å². The van der Waals surface area contributed by atoms with E-state index in [9.17, 15) is 14.4 Å². The Morgan fingerprint density at radius 2 is 2.24 bits per heavy atom. The number of para-hydroxylation sites is 1. The van der Waals surface area contributed by atoms with E-state index in [-0.39, 0.29) is 17.5 Å². The zero-order chi connectivity index (χ0) is 18.0. The zero-order valence-electron chi connectivity index (χ0n) is 13.2. The molecule has 0 saturated carbocycles. The van der Waals surface area contributed by atoms with Gasteiger partial charge in [-0.2, -0.15) is 0 Å². The SMILES string of the molecule is CC1Oc2c(cccc2C(=O)NCCc2nc(C(=O)O)cs2)NC1=O. The van der Waals surface area contributed by atoms with Crippen LogP contribution in [0.2, 0.25) is 0 Å². The van der Waals surface area contributed by atoms with Gasteiger partial charge in [0.2, 0.25) is 0 Å². The minimum Gasteiger partial charge on any atom is -0.478 e. The van der Waals surface area contributed by atoms with Gasteiger partial charge in [-0.15, -0.1) is 11.3 Å². The number of amides is 2. The number of nitrogens with zero attached hydrogens (tertiary/aromatic N) is 1. The Morgan fingerprint density at radius 1 is 1.44 bits per heavy atom. The van der Waals surface area contributed by atoms with Crippen molar-refractivity contribution in [1.82, 2.24) is 10.3 Å². The molecule has 1 aromatic heterocycles. The molecule has 0 fully saturated rings. The maximum atomic E-state index is 12.4. The van der Waals surface area contributed by atoms with Crippen molar-refractivity contribution >= 4 is 34.8 Å². The molecule has 3 rings (SSSR count). The minimum absolute atomic E-state index is 0.00147. The van der Waals surface area contributed by atoms with E-state index in [1.54, 1.807) is 25.1 Å². The van der Waals surface area contributed by atoms with Crippen LogP contribution in [0.25, 0.3) is 0 Å². The third-order valence-electron chi connectivity index (χ3n) is 3.58. The van der Waals surface area contributed by atoms with Crippen LogP contribution in [0.5, 0.6) is 5.75 Å². The molecule has 9 heteroatoms. The van der Waals surface area contributed by atoms with E-state index < -0.39 is 12.1 Å². The second-order valence-electron chi connectivity index (χ2n) is 5.37. The Labute approximate surface area is 146 Å². The lowest BCUT2D eigenvalue weighted by molar-refractivity contribution is -0.122. The number of anilines is 1. The van der Waals surface area contributed by atoms with Gasteiger partial charge in [-0.3, -0.25) is 9.59 Å². The van der Waals surface area contributed by atoms with Gasteiger partial charge in [-0.1, -0.05) is 6.07 Å². The molecule has 1 aliphatic rings. The lowest BCUT2D eigenvalue weighted by Crippen LogP contribution is -2.36. The van der Waals surface area contributed by atoms with E-state index in [1.807, 2.05) is 0 Å². The second kappa shape index (κ2) is 6.89. The van der Waals surface area contributed by atoms with E-state index >= 15 is 0 Å². The van der Waals surface area contributed by atoms with Crippen molar-refractivity contribution < 1.29 is 24.2 Å². The highest BCUT2D eigenvalue weighted by molar-refractivity contribution is 7.09. The predicted octanol–water partition coefficient (Wildman–Crippen LogP) is 1.53. The van der Waals surface area contributed by atoms with Gasteiger partial charge < -0.3 is 20.5 Å². The summed E-state index contributed by atoms with van der Waals surface area (Å²) in [6.07, 6.45) is -0.251. The van der Waals surface area contributed by atoms with Crippen LogP contribution in [0.1, 0.15) is 32.8 Å². The van der Waals surface area contributed by atoms with Gasteiger partial charge >= 0.3 is 5.97 Å². The molecular weight excluding hydrogens is 346 g/mol. The number of rotatable bonds is 5. The molecule has 130 valence electrons. The van der Waals surface area contributed by atoms with Gasteiger partial charge in [0, 0.05) is 18.3 Å². The number of carboxylic acid groups (broad SMARTS) is 1. The Bertz CT molecular complexity index is 848. The third-order valence-corrected chi connectivity index (χ3v) is 4.49. The van der Waals surface area contributed by atoms with Crippen molar-refractivity contribution in [2.75, 3.05) is 11.9 Å². The van der Waals surface area contributed by atoms with Gasteiger partial charge in [0.15, 0.2) is 17.5 Å². The number of carbonyl (C=O) groups is 3. The zero-order valence-corrected chi connectivity index (χ0v) is 14.1. The van der Waals surface area contributed by atoms with Crippen LogP contribution >= 0.6 is 11.3 Å². The van der Waals surface area contributed by atoms with Gasteiger partial charge in [0.05, 0.1) is 16.3 Å². The maximum Gasteiger partial charge on any atom is 0.355 e. The summed E-state index contributed by atoms with van der Waals surface area (Å²) >= 11 is 1.23. The molecule has 2 heterocycles. The lowest BCUT2D eigenvalue weighted by Gasteiger charge is -2.25. The Morgan fingerprint density at radius 3 is 2.96 bits per heavy atom. The van der Waals surface area contributed by atoms with Crippen molar-refractivity contribution in [2.24, 2.45) is 0 Å². The van der Waals surface area contributed by atoms with Crippen LogP contribution < -0.4 is 15.4 Å². The summed E-state index contributed by atoms with van der Waals surface area (Å²) in [5, 5.41) is 16.4. The smallest absolute Gasteiger partial charge is 0.355 e. The Kier molecular flexibility index (Phi) is 4.66. The number of aromatic carboxylic acids is 1. The van der Waals surface area contributed by atoms with Crippen LogP contribution in [0.3, 0.4) is 0 Å². The number of thiazole rings is 1. The number of aromatic nitrogens is 1. The molecule has 0 spiro atoms. The average Bonchev–Trinajstić information content (AvgIpc) is 3.04. The van der Waals surface area contributed by atoms with Crippen molar-refractivity contribution in [2.45, 2.75) is 19.4 Å². The normalized spacial score (nSPS) is 15.7. The number of benzene rings is 1. The largest absolute Gasteiger partial charge is 0.478 e. The second-order valence-corrected chi connectivity index (χ2v) is 6.31. The highest BCUT2D eigenvalue weighted by atomic mass is 32.1. The number of carbonyl (C=O) groups excluding carboxylic acids is 2. The molecule has 0 saturated heterocycles. The fourth-order valence-electron chi connectivity index (χ4n) is 2.31. The van der Waals surface area contributed by atoms with Crippen molar-refractivity contribution in [3.05, 3.63) is 39.8 Å². The Hall–Kier alpha value is -2.94. The maximum absolute atomic E-state index is 12.4. The number of hydrogen-bond acceptors (Lipinski definition) is 6. The average molecular weight is 361 g/mol. The molecule has 0 bridgehead atoms. The molecule has 0 radical (unpaired) electrons. The fourth-order valence-corrected chi connectivity index (χ4v) is 3.08. The third kappa shape index (κ3) is 3.61. The Balaban J connectivity index is 1.65. The summed E-state index contributed by atoms with van der Waals surface area (Å²) in [6, 6.07) is 4.94. The molecule has 2 amide bonds. The fraction of sp³-hybridized carbons (Fsp3) is 0.250. The van der Waals surface area contributed by atoms with E-state index in [0.29, 0.717) is 35.0 Å². The number of carboxylic acids is 1. The molecule has 8 nitrogen and oxygen atoms in total. The van der Waals surface area contributed by atoms with Crippen LogP contribution in [0, 0.1) is 0 Å². The van der Waals surface area contributed by atoms with Crippen molar-refractivity contribution in [3.63, 3.8) is 0 Å². The number of hydrogen-bond donors (Lipinski definition) is 3. The highest BCUT2D eigenvalue weighted by Crippen LogP contribution is 2.33. The van der Waals surface area contributed by atoms with E-state index in [0.717, 1.165) is 0 Å². The molecule has 1 aromatic carbocycles. The van der Waals surface area contributed by atoms with E-state index in [4.69, 9.17) is 9.84 Å². The summed E-state index contributed by atoms with van der Waals surface area (Å²) < 4.78 is 5.54. The van der Waals surface area contributed by atoms with Crippen LogP contribution in [0.15, 0.2) is 23.6 Å². The first-order valence-electron chi connectivity index (χ1n) is 7.52. The first-order valence-corrected chi connectivity index (χ1v) is 8.40. The molecule has 1 atom stereocenters. The molecule has 3 N–H and O–H groups in total. The summed E-state index contributed by atoms with van der Waals surface area (Å²) in [7, 11) is 0. The number of ether oxygens (including phenoxy) is 1. The molecule has 1 unspecified atom stereocenters. The summed E-state index contributed by atoms with van der Waals surface area (Å²) in [4.78, 5) is 38.8. The highest BCUT2D eigenvalue weighted by Gasteiger charge is 2.27. The summed E-state index contributed by atoms with van der Waals surface area (Å²) in [6.45, 7) is 1.91. The summed E-state index contributed by atoms with van der Waals surface area (Å²) in [5.41, 5.74) is 0.790. The molecule has 25 heavy (non-hydrogen) atoms. The van der Waals surface area contributed by atoms with Crippen molar-refractivity contribution in [1.29, 1.82) is 0 Å².